The third kappa shape index (κ3) is 2.11. The summed E-state index contributed by atoms with van der Waals surface area (Å²) in [7, 11) is 0. The van der Waals surface area contributed by atoms with Crippen molar-refractivity contribution in [3.63, 3.8) is 0 Å². The van der Waals surface area contributed by atoms with Gasteiger partial charge >= 0.3 is 6.18 Å². The van der Waals surface area contributed by atoms with Crippen LogP contribution < -0.4 is 5.32 Å². The number of rotatable bonds is 1. The van der Waals surface area contributed by atoms with E-state index >= 15 is 0 Å². The molecule has 1 aromatic rings. The highest BCUT2D eigenvalue weighted by Gasteiger charge is 2.30. The molecule has 1 aliphatic rings. The quantitative estimate of drug-likeness (QED) is 0.760. The van der Waals surface area contributed by atoms with Gasteiger partial charge in [-0.15, -0.1) is 0 Å². The summed E-state index contributed by atoms with van der Waals surface area (Å²) in [4.78, 5) is 4.12. The number of hydrogen-bond donors (Lipinski definition) is 1. The van der Waals surface area contributed by atoms with E-state index in [-0.39, 0.29) is 0 Å². The Morgan fingerprint density at radius 2 is 1.80 bits per heavy atom. The maximum Gasteiger partial charge on any atom is 0.416 e. The van der Waals surface area contributed by atoms with Crippen LogP contribution in [0.1, 0.15) is 11.1 Å². The smallest absolute Gasteiger partial charge is 0.368 e. The predicted molar refractivity (Wildman–Crippen MR) is 50.9 cm³/mol. The van der Waals surface area contributed by atoms with E-state index < -0.39 is 11.7 Å². The van der Waals surface area contributed by atoms with Crippen molar-refractivity contribution >= 4 is 5.84 Å². The molecule has 0 amide bonds. The zero-order valence-corrected chi connectivity index (χ0v) is 7.80. The highest BCUT2D eigenvalue weighted by molar-refractivity contribution is 5.99. The van der Waals surface area contributed by atoms with E-state index in [1.165, 1.54) is 12.1 Å². The standard InChI is InChI=1S/C10H9F3N2/c11-10(12,13)8-3-1-7(2-4-8)9-14-5-6-15-9/h1-4H,5-6H2,(H,14,15). The third-order valence-corrected chi connectivity index (χ3v) is 2.16. The number of amidine groups is 1. The molecule has 1 aromatic carbocycles. The lowest BCUT2D eigenvalue weighted by molar-refractivity contribution is -0.137. The van der Waals surface area contributed by atoms with Crippen LogP contribution in [0.3, 0.4) is 0 Å². The zero-order valence-electron chi connectivity index (χ0n) is 7.80. The molecule has 0 aliphatic carbocycles. The second kappa shape index (κ2) is 3.56. The predicted octanol–water partition coefficient (Wildman–Crippen LogP) is 2.06. The van der Waals surface area contributed by atoms with E-state index in [1.54, 1.807) is 0 Å². The maximum absolute atomic E-state index is 12.3. The Morgan fingerprint density at radius 1 is 1.13 bits per heavy atom. The molecule has 0 bridgehead atoms. The summed E-state index contributed by atoms with van der Waals surface area (Å²) in [5.74, 6) is 0.670. The van der Waals surface area contributed by atoms with E-state index in [0.29, 0.717) is 17.9 Å². The fourth-order valence-corrected chi connectivity index (χ4v) is 1.41. The van der Waals surface area contributed by atoms with Crippen molar-refractivity contribution in [2.45, 2.75) is 6.18 Å². The number of halogens is 3. The SMILES string of the molecule is FC(F)(F)c1ccc(C2=NCCN2)cc1. The second-order valence-electron chi connectivity index (χ2n) is 3.23. The third-order valence-electron chi connectivity index (χ3n) is 2.16. The van der Waals surface area contributed by atoms with Crippen molar-refractivity contribution in [3.8, 4) is 0 Å². The normalized spacial score (nSPS) is 16.1. The first-order valence-corrected chi connectivity index (χ1v) is 4.53. The summed E-state index contributed by atoms with van der Waals surface area (Å²) in [5.41, 5.74) is 0.0605. The first-order chi connectivity index (χ1) is 7.07. The monoisotopic (exact) mass is 214 g/mol. The summed E-state index contributed by atoms with van der Waals surface area (Å²) in [6.07, 6.45) is -4.27. The van der Waals surface area contributed by atoms with Gasteiger partial charge < -0.3 is 5.32 Å². The van der Waals surface area contributed by atoms with Crippen molar-refractivity contribution in [2.24, 2.45) is 4.99 Å². The van der Waals surface area contributed by atoms with Crippen LogP contribution in [0.5, 0.6) is 0 Å². The minimum absolute atomic E-state index is 0.634. The Morgan fingerprint density at radius 3 is 2.27 bits per heavy atom. The van der Waals surface area contributed by atoms with Crippen LogP contribution in [0.15, 0.2) is 29.3 Å². The van der Waals surface area contributed by atoms with Crippen LogP contribution in [0, 0.1) is 0 Å². The van der Waals surface area contributed by atoms with E-state index in [4.69, 9.17) is 0 Å². The van der Waals surface area contributed by atoms with Gasteiger partial charge in [0.1, 0.15) is 5.84 Å². The maximum atomic E-state index is 12.3. The number of alkyl halides is 3. The number of hydrogen-bond acceptors (Lipinski definition) is 2. The molecule has 1 aliphatic heterocycles. The summed E-state index contributed by atoms with van der Waals surface area (Å²) in [6.45, 7) is 1.42. The molecule has 0 radical (unpaired) electrons. The fourth-order valence-electron chi connectivity index (χ4n) is 1.41. The van der Waals surface area contributed by atoms with Gasteiger partial charge in [0.2, 0.25) is 0 Å². The summed E-state index contributed by atoms with van der Waals surface area (Å²) < 4.78 is 36.8. The number of aliphatic imine (C=N–C) groups is 1. The molecule has 1 heterocycles. The molecule has 0 aromatic heterocycles. The van der Waals surface area contributed by atoms with Gasteiger partial charge in [0, 0.05) is 12.1 Å². The van der Waals surface area contributed by atoms with Crippen LogP contribution in [-0.4, -0.2) is 18.9 Å². The van der Waals surface area contributed by atoms with Crippen LogP contribution in [0.2, 0.25) is 0 Å². The Kier molecular flexibility index (Phi) is 2.38. The molecule has 80 valence electrons. The van der Waals surface area contributed by atoms with Gasteiger partial charge in [0.05, 0.1) is 12.1 Å². The van der Waals surface area contributed by atoms with Crippen LogP contribution in [-0.2, 0) is 6.18 Å². The highest BCUT2D eigenvalue weighted by atomic mass is 19.4. The van der Waals surface area contributed by atoms with E-state index in [0.717, 1.165) is 18.7 Å². The van der Waals surface area contributed by atoms with Crippen molar-refractivity contribution in [1.82, 2.24) is 5.32 Å². The molecule has 15 heavy (non-hydrogen) atoms. The summed E-state index contributed by atoms with van der Waals surface area (Å²) >= 11 is 0. The van der Waals surface area contributed by atoms with Gasteiger partial charge in [-0.25, -0.2) is 0 Å². The summed E-state index contributed by atoms with van der Waals surface area (Å²) in [6, 6.07) is 5.00. The lowest BCUT2D eigenvalue weighted by Crippen LogP contribution is -2.19. The average molecular weight is 214 g/mol. The lowest BCUT2D eigenvalue weighted by Gasteiger charge is -2.07. The number of benzene rings is 1. The minimum atomic E-state index is -4.27. The first kappa shape index (κ1) is 10.0. The van der Waals surface area contributed by atoms with E-state index in [1.807, 2.05) is 0 Å². The Bertz CT molecular complexity index is 379. The first-order valence-electron chi connectivity index (χ1n) is 4.53. The van der Waals surface area contributed by atoms with E-state index in [9.17, 15) is 13.2 Å². The molecular weight excluding hydrogens is 205 g/mol. The van der Waals surface area contributed by atoms with Crippen molar-refractivity contribution < 1.29 is 13.2 Å². The largest absolute Gasteiger partial charge is 0.416 e. The second-order valence-corrected chi connectivity index (χ2v) is 3.23. The van der Waals surface area contributed by atoms with Gasteiger partial charge in [0.25, 0.3) is 0 Å². The minimum Gasteiger partial charge on any atom is -0.368 e. The van der Waals surface area contributed by atoms with Crippen molar-refractivity contribution in [2.75, 3.05) is 13.1 Å². The lowest BCUT2D eigenvalue weighted by atomic mass is 10.1. The number of nitrogens with one attached hydrogen (secondary N) is 1. The van der Waals surface area contributed by atoms with E-state index in [2.05, 4.69) is 10.3 Å². The fraction of sp³-hybridized carbons (Fsp3) is 0.300. The van der Waals surface area contributed by atoms with Gasteiger partial charge in [-0.2, -0.15) is 13.2 Å². The molecule has 0 saturated heterocycles. The molecule has 5 heteroatoms. The summed E-state index contributed by atoms with van der Waals surface area (Å²) in [5, 5.41) is 3.00. The average Bonchev–Trinajstić information content (AvgIpc) is 2.69. The van der Waals surface area contributed by atoms with Crippen LogP contribution in [0.4, 0.5) is 13.2 Å². The molecule has 2 nitrogen and oxygen atoms in total. The van der Waals surface area contributed by atoms with Gasteiger partial charge in [-0.3, -0.25) is 4.99 Å². The van der Waals surface area contributed by atoms with Crippen molar-refractivity contribution in [1.29, 1.82) is 0 Å². The molecule has 0 fully saturated rings. The van der Waals surface area contributed by atoms with Gasteiger partial charge in [-0.1, -0.05) is 12.1 Å². The van der Waals surface area contributed by atoms with Crippen molar-refractivity contribution in [3.05, 3.63) is 35.4 Å². The van der Waals surface area contributed by atoms with Gasteiger partial charge in [0.15, 0.2) is 0 Å². The Labute approximate surface area is 84.8 Å². The van der Waals surface area contributed by atoms with Crippen LogP contribution in [0.25, 0.3) is 0 Å². The molecule has 2 rings (SSSR count). The molecular formula is C10H9F3N2. The molecule has 0 atom stereocenters. The molecule has 1 N–H and O–H groups in total. The molecule has 0 saturated carbocycles. The highest BCUT2D eigenvalue weighted by Crippen LogP contribution is 2.29. The zero-order chi connectivity index (χ0) is 10.9. The Hall–Kier alpha value is -1.52. The topological polar surface area (TPSA) is 24.4 Å². The van der Waals surface area contributed by atoms with Gasteiger partial charge in [-0.05, 0) is 12.1 Å². The molecule has 0 unspecified atom stereocenters. The Balaban J connectivity index is 2.24. The molecule has 0 spiro atoms. The van der Waals surface area contributed by atoms with Crippen LogP contribution >= 0.6 is 0 Å². The number of nitrogens with zero attached hydrogens (tertiary/aromatic N) is 1.